The van der Waals surface area contributed by atoms with E-state index in [-0.39, 0.29) is 24.8 Å². The molecule has 0 saturated carbocycles. The minimum atomic E-state index is -0.657. The van der Waals surface area contributed by atoms with E-state index in [1.54, 1.807) is 6.07 Å². The van der Waals surface area contributed by atoms with Crippen LogP contribution >= 0.6 is 0 Å². The molecule has 1 unspecified atom stereocenters. The molecule has 0 bridgehead atoms. The summed E-state index contributed by atoms with van der Waals surface area (Å²) < 4.78 is 13.8. The fraction of sp³-hybridized carbons (Fsp3) is 0.400. The molecule has 2 aliphatic rings. The molecule has 1 aromatic carbocycles. The number of aryl methyl sites for hydroxylation is 1. The minimum absolute atomic E-state index is 0.213. The van der Waals surface area contributed by atoms with Crippen molar-refractivity contribution in [3.8, 4) is 0 Å². The lowest BCUT2D eigenvalue weighted by Crippen LogP contribution is -2.52. The molecular formula is C15H15FN2O3. The average Bonchev–Trinajstić information content (AvgIpc) is 2.75. The Morgan fingerprint density at radius 2 is 2.10 bits per heavy atom. The molecule has 110 valence electrons. The van der Waals surface area contributed by atoms with Crippen molar-refractivity contribution in [1.29, 1.82) is 0 Å². The van der Waals surface area contributed by atoms with Gasteiger partial charge in [0.2, 0.25) is 11.8 Å². The van der Waals surface area contributed by atoms with Gasteiger partial charge in [-0.15, -0.1) is 0 Å². The molecule has 2 aliphatic heterocycles. The number of halogens is 1. The van der Waals surface area contributed by atoms with Crippen molar-refractivity contribution in [2.45, 2.75) is 38.8 Å². The Bertz CT molecular complexity index is 657. The van der Waals surface area contributed by atoms with Gasteiger partial charge in [0.1, 0.15) is 11.9 Å². The van der Waals surface area contributed by atoms with E-state index < -0.39 is 17.8 Å². The van der Waals surface area contributed by atoms with Crippen LogP contribution in [0.4, 0.5) is 4.39 Å². The molecule has 3 rings (SSSR count). The van der Waals surface area contributed by atoms with E-state index in [0.29, 0.717) is 24.0 Å². The number of piperidine rings is 1. The molecule has 0 aliphatic carbocycles. The van der Waals surface area contributed by atoms with E-state index in [9.17, 15) is 18.8 Å². The molecule has 0 radical (unpaired) electrons. The van der Waals surface area contributed by atoms with Crippen LogP contribution < -0.4 is 5.32 Å². The smallest absolute Gasteiger partial charge is 0.255 e. The Morgan fingerprint density at radius 3 is 2.76 bits per heavy atom. The number of fused-ring (bicyclic) bond motifs is 1. The maximum absolute atomic E-state index is 13.8. The predicted molar refractivity (Wildman–Crippen MR) is 71.8 cm³/mol. The Kier molecular flexibility index (Phi) is 3.23. The second kappa shape index (κ2) is 4.95. The van der Waals surface area contributed by atoms with E-state index in [0.717, 1.165) is 5.56 Å². The third-order valence-corrected chi connectivity index (χ3v) is 4.07. The molecule has 21 heavy (non-hydrogen) atoms. The van der Waals surface area contributed by atoms with E-state index in [1.807, 2.05) is 6.92 Å². The predicted octanol–water partition coefficient (Wildman–Crippen LogP) is 1.15. The van der Waals surface area contributed by atoms with Crippen LogP contribution in [0.5, 0.6) is 0 Å². The van der Waals surface area contributed by atoms with Crippen molar-refractivity contribution in [2.75, 3.05) is 0 Å². The summed E-state index contributed by atoms with van der Waals surface area (Å²) in [6, 6.07) is 2.28. The zero-order chi connectivity index (χ0) is 15.1. The van der Waals surface area contributed by atoms with Gasteiger partial charge in [0.05, 0.1) is 0 Å². The Labute approximate surface area is 121 Å². The number of hydrogen-bond acceptors (Lipinski definition) is 3. The summed E-state index contributed by atoms with van der Waals surface area (Å²) in [6.07, 6.45) is 1.07. The monoisotopic (exact) mass is 290 g/mol. The SMILES string of the molecule is CCc1cc2c(cc1F)C(=O)N(C1CCC(=O)NC1=O)C2. The highest BCUT2D eigenvalue weighted by Crippen LogP contribution is 2.29. The molecular weight excluding hydrogens is 275 g/mol. The molecule has 1 saturated heterocycles. The lowest BCUT2D eigenvalue weighted by atomic mass is 10.0. The van der Waals surface area contributed by atoms with Gasteiger partial charge in [0.15, 0.2) is 0 Å². The first-order valence-electron chi connectivity index (χ1n) is 6.97. The van der Waals surface area contributed by atoms with Crippen LogP contribution in [0.2, 0.25) is 0 Å². The molecule has 0 spiro atoms. The number of rotatable bonds is 2. The van der Waals surface area contributed by atoms with Crippen LogP contribution in [0.15, 0.2) is 12.1 Å². The first-order chi connectivity index (χ1) is 10.0. The highest BCUT2D eigenvalue weighted by molar-refractivity contribution is 6.05. The van der Waals surface area contributed by atoms with Crippen LogP contribution in [0.3, 0.4) is 0 Å². The van der Waals surface area contributed by atoms with E-state index in [4.69, 9.17) is 0 Å². The minimum Gasteiger partial charge on any atom is -0.322 e. The van der Waals surface area contributed by atoms with Crippen molar-refractivity contribution >= 4 is 17.7 Å². The third-order valence-electron chi connectivity index (χ3n) is 4.07. The first-order valence-corrected chi connectivity index (χ1v) is 6.97. The van der Waals surface area contributed by atoms with Gasteiger partial charge in [0.25, 0.3) is 5.91 Å². The molecule has 1 atom stereocenters. The second-order valence-electron chi connectivity index (χ2n) is 5.35. The first kappa shape index (κ1) is 13.7. The molecule has 2 heterocycles. The number of benzene rings is 1. The number of amides is 3. The summed E-state index contributed by atoms with van der Waals surface area (Å²) in [7, 11) is 0. The van der Waals surface area contributed by atoms with Crippen molar-refractivity contribution in [1.82, 2.24) is 10.2 Å². The van der Waals surface area contributed by atoms with Gasteiger partial charge in [-0.2, -0.15) is 0 Å². The van der Waals surface area contributed by atoms with Crippen molar-refractivity contribution in [3.63, 3.8) is 0 Å². The lowest BCUT2D eigenvalue weighted by molar-refractivity contribution is -0.136. The van der Waals surface area contributed by atoms with Crippen molar-refractivity contribution < 1.29 is 18.8 Å². The van der Waals surface area contributed by atoms with Crippen LogP contribution in [-0.2, 0) is 22.6 Å². The molecule has 1 aromatic rings. The summed E-state index contributed by atoms with van der Waals surface area (Å²) in [5.41, 5.74) is 1.61. The highest BCUT2D eigenvalue weighted by Gasteiger charge is 2.39. The second-order valence-corrected chi connectivity index (χ2v) is 5.35. The molecule has 3 amide bonds. The standard InChI is InChI=1S/C15H15FN2O3/c1-2-8-5-9-7-18(15(21)10(9)6-11(8)16)12-3-4-13(19)17-14(12)20/h5-6,12H,2-4,7H2,1H3,(H,17,19,20). The average molecular weight is 290 g/mol. The van der Waals surface area contributed by atoms with E-state index in [2.05, 4.69) is 5.32 Å². The molecule has 5 nitrogen and oxygen atoms in total. The normalized spacial score (nSPS) is 21.5. The van der Waals surface area contributed by atoms with Gasteiger partial charge in [-0.3, -0.25) is 19.7 Å². The third kappa shape index (κ3) is 2.20. The maximum atomic E-state index is 13.8. The van der Waals surface area contributed by atoms with Crippen LogP contribution in [0.25, 0.3) is 0 Å². The topological polar surface area (TPSA) is 66.5 Å². The number of nitrogens with one attached hydrogen (secondary N) is 1. The van der Waals surface area contributed by atoms with Gasteiger partial charge >= 0.3 is 0 Å². The summed E-state index contributed by atoms with van der Waals surface area (Å²) in [5, 5.41) is 2.24. The van der Waals surface area contributed by atoms with E-state index >= 15 is 0 Å². The number of imide groups is 1. The molecule has 6 heteroatoms. The van der Waals surface area contributed by atoms with Crippen molar-refractivity contribution in [2.24, 2.45) is 0 Å². The number of nitrogens with zero attached hydrogens (tertiary/aromatic N) is 1. The summed E-state index contributed by atoms with van der Waals surface area (Å²) >= 11 is 0. The maximum Gasteiger partial charge on any atom is 0.255 e. The fourth-order valence-corrected chi connectivity index (χ4v) is 2.91. The Morgan fingerprint density at radius 1 is 1.33 bits per heavy atom. The quantitative estimate of drug-likeness (QED) is 0.831. The largest absolute Gasteiger partial charge is 0.322 e. The summed E-state index contributed by atoms with van der Waals surface area (Å²) in [6.45, 7) is 2.13. The zero-order valence-corrected chi connectivity index (χ0v) is 11.6. The molecule has 0 aromatic heterocycles. The number of hydrogen-bond donors (Lipinski definition) is 1. The van der Waals surface area contributed by atoms with Crippen LogP contribution in [0, 0.1) is 5.82 Å². The summed E-state index contributed by atoms with van der Waals surface area (Å²) in [4.78, 5) is 36.8. The van der Waals surface area contributed by atoms with Crippen molar-refractivity contribution in [3.05, 3.63) is 34.6 Å². The summed E-state index contributed by atoms with van der Waals surface area (Å²) in [5.74, 6) is -1.51. The lowest BCUT2D eigenvalue weighted by Gasteiger charge is -2.29. The number of carbonyl (C=O) groups excluding carboxylic acids is 3. The fourth-order valence-electron chi connectivity index (χ4n) is 2.91. The number of carbonyl (C=O) groups is 3. The van der Waals surface area contributed by atoms with Gasteiger partial charge in [-0.25, -0.2) is 4.39 Å². The highest BCUT2D eigenvalue weighted by atomic mass is 19.1. The molecule has 1 N–H and O–H groups in total. The van der Waals surface area contributed by atoms with Gasteiger partial charge < -0.3 is 4.90 Å². The Hall–Kier alpha value is -2.24. The molecule has 1 fully saturated rings. The zero-order valence-electron chi connectivity index (χ0n) is 11.6. The Balaban J connectivity index is 1.90. The van der Waals surface area contributed by atoms with Crippen LogP contribution in [-0.4, -0.2) is 28.7 Å². The van der Waals surface area contributed by atoms with Gasteiger partial charge in [-0.05, 0) is 30.0 Å². The van der Waals surface area contributed by atoms with Gasteiger partial charge in [-0.1, -0.05) is 13.0 Å². The van der Waals surface area contributed by atoms with E-state index in [1.165, 1.54) is 11.0 Å². The van der Waals surface area contributed by atoms with Crippen LogP contribution in [0.1, 0.15) is 41.3 Å². The van der Waals surface area contributed by atoms with Gasteiger partial charge in [0, 0.05) is 18.5 Å².